The van der Waals surface area contributed by atoms with Gasteiger partial charge in [-0.2, -0.15) is 0 Å². The molecule has 0 bridgehead atoms. The van der Waals surface area contributed by atoms with Gasteiger partial charge in [-0.05, 0) is 19.8 Å². The molecule has 1 aliphatic rings. The smallest absolute Gasteiger partial charge is 0.326 e. The molecule has 19 heavy (non-hydrogen) atoms. The largest absolute Gasteiger partial charge is 0.481 e. The minimum Gasteiger partial charge on any atom is -0.481 e. The van der Waals surface area contributed by atoms with Crippen molar-refractivity contribution in [3.05, 3.63) is 0 Å². The van der Waals surface area contributed by atoms with Crippen LogP contribution in [0.4, 0.5) is 4.79 Å². The standard InChI is InChI=1S/C11H18N2O6/c1-6-7(4-5-19-6)12-11(18)13-8(10(16)17)2-3-9(14)15/h6-8H,2-5H2,1H3,(H,14,15)(H,16,17)(H2,12,13,18). The van der Waals surface area contributed by atoms with Crippen LogP contribution in [0.1, 0.15) is 26.2 Å². The Hall–Kier alpha value is -1.83. The van der Waals surface area contributed by atoms with Crippen LogP contribution in [0.3, 0.4) is 0 Å². The molecule has 8 nitrogen and oxygen atoms in total. The Morgan fingerprint density at radius 1 is 1.37 bits per heavy atom. The minimum absolute atomic E-state index is 0.118. The van der Waals surface area contributed by atoms with Gasteiger partial charge in [0.2, 0.25) is 0 Å². The highest BCUT2D eigenvalue weighted by atomic mass is 16.5. The number of amides is 2. The topological polar surface area (TPSA) is 125 Å². The lowest BCUT2D eigenvalue weighted by Gasteiger charge is -2.19. The van der Waals surface area contributed by atoms with Crippen molar-refractivity contribution in [3.63, 3.8) is 0 Å². The highest BCUT2D eigenvalue weighted by Gasteiger charge is 2.27. The lowest BCUT2D eigenvalue weighted by molar-refractivity contribution is -0.140. The number of hydrogen-bond donors (Lipinski definition) is 4. The van der Waals surface area contributed by atoms with Crippen molar-refractivity contribution in [2.45, 2.75) is 44.4 Å². The summed E-state index contributed by atoms with van der Waals surface area (Å²) in [5.41, 5.74) is 0. The maximum atomic E-state index is 11.6. The maximum absolute atomic E-state index is 11.6. The van der Waals surface area contributed by atoms with E-state index in [1.165, 1.54) is 0 Å². The highest BCUT2D eigenvalue weighted by Crippen LogP contribution is 2.12. The van der Waals surface area contributed by atoms with Crippen LogP contribution in [0, 0.1) is 0 Å². The molecule has 0 aromatic heterocycles. The second-order valence-electron chi connectivity index (χ2n) is 4.41. The van der Waals surface area contributed by atoms with E-state index < -0.39 is 24.0 Å². The number of carboxylic acids is 2. The van der Waals surface area contributed by atoms with Crippen LogP contribution in [0.2, 0.25) is 0 Å². The first-order valence-corrected chi connectivity index (χ1v) is 6.03. The van der Waals surface area contributed by atoms with Crippen molar-refractivity contribution in [1.29, 1.82) is 0 Å². The summed E-state index contributed by atoms with van der Waals surface area (Å²) in [5.74, 6) is -2.36. The predicted molar refractivity (Wildman–Crippen MR) is 63.8 cm³/mol. The van der Waals surface area contributed by atoms with E-state index in [0.29, 0.717) is 13.0 Å². The van der Waals surface area contributed by atoms with E-state index >= 15 is 0 Å². The van der Waals surface area contributed by atoms with Gasteiger partial charge in [0.1, 0.15) is 6.04 Å². The second-order valence-corrected chi connectivity index (χ2v) is 4.41. The lowest BCUT2D eigenvalue weighted by Crippen LogP contribution is -2.50. The SMILES string of the molecule is CC1OCCC1NC(=O)NC(CCC(=O)O)C(=O)O. The van der Waals surface area contributed by atoms with Crippen LogP contribution in [0.25, 0.3) is 0 Å². The summed E-state index contributed by atoms with van der Waals surface area (Å²) in [4.78, 5) is 32.9. The van der Waals surface area contributed by atoms with Crippen molar-refractivity contribution in [2.75, 3.05) is 6.61 Å². The van der Waals surface area contributed by atoms with Crippen LogP contribution < -0.4 is 10.6 Å². The molecule has 0 radical (unpaired) electrons. The van der Waals surface area contributed by atoms with Gasteiger partial charge in [-0.25, -0.2) is 9.59 Å². The van der Waals surface area contributed by atoms with Gasteiger partial charge < -0.3 is 25.6 Å². The molecule has 108 valence electrons. The van der Waals surface area contributed by atoms with Crippen LogP contribution in [0.5, 0.6) is 0 Å². The lowest BCUT2D eigenvalue weighted by atomic mass is 10.1. The average Bonchev–Trinajstić information content (AvgIpc) is 2.69. The summed E-state index contributed by atoms with van der Waals surface area (Å²) in [6.45, 7) is 2.37. The molecule has 3 atom stereocenters. The molecular weight excluding hydrogens is 256 g/mol. The third-order valence-corrected chi connectivity index (χ3v) is 2.94. The van der Waals surface area contributed by atoms with Crippen molar-refractivity contribution in [1.82, 2.24) is 10.6 Å². The number of ether oxygens (including phenoxy) is 1. The summed E-state index contributed by atoms with van der Waals surface area (Å²) in [5, 5.41) is 22.3. The molecule has 3 unspecified atom stereocenters. The molecular formula is C11H18N2O6. The molecule has 2 amide bonds. The van der Waals surface area contributed by atoms with Gasteiger partial charge >= 0.3 is 18.0 Å². The molecule has 4 N–H and O–H groups in total. The Morgan fingerprint density at radius 3 is 2.53 bits per heavy atom. The number of carbonyl (C=O) groups is 3. The van der Waals surface area contributed by atoms with E-state index in [-0.39, 0.29) is 25.0 Å². The first kappa shape index (κ1) is 15.2. The van der Waals surface area contributed by atoms with E-state index in [9.17, 15) is 14.4 Å². The zero-order valence-corrected chi connectivity index (χ0v) is 10.6. The Bertz CT molecular complexity index is 359. The molecule has 0 aliphatic carbocycles. The molecule has 0 aromatic rings. The predicted octanol–water partition coefficient (Wildman–Crippen LogP) is -0.219. The number of hydrogen-bond acceptors (Lipinski definition) is 4. The fourth-order valence-corrected chi connectivity index (χ4v) is 1.81. The van der Waals surface area contributed by atoms with Crippen LogP contribution >= 0.6 is 0 Å². The molecule has 1 fully saturated rings. The van der Waals surface area contributed by atoms with Crippen LogP contribution in [-0.4, -0.2) is 53.0 Å². The first-order chi connectivity index (χ1) is 8.90. The third kappa shape index (κ3) is 5.12. The van der Waals surface area contributed by atoms with Gasteiger partial charge in [0, 0.05) is 13.0 Å². The molecule has 8 heteroatoms. The summed E-state index contributed by atoms with van der Waals surface area (Å²) in [6, 6.07) is -2.00. The van der Waals surface area contributed by atoms with E-state index in [4.69, 9.17) is 14.9 Å². The van der Waals surface area contributed by atoms with Gasteiger partial charge in [-0.1, -0.05) is 0 Å². The van der Waals surface area contributed by atoms with Crippen molar-refractivity contribution < 1.29 is 29.3 Å². The summed E-state index contributed by atoms with van der Waals surface area (Å²) < 4.78 is 5.26. The summed E-state index contributed by atoms with van der Waals surface area (Å²) in [6.07, 6.45) is 0.0734. The van der Waals surface area contributed by atoms with Gasteiger partial charge in [0.05, 0.1) is 12.1 Å². The van der Waals surface area contributed by atoms with Crippen LogP contribution in [0.15, 0.2) is 0 Å². The van der Waals surface area contributed by atoms with Gasteiger partial charge in [-0.15, -0.1) is 0 Å². The minimum atomic E-state index is -1.26. The number of nitrogens with one attached hydrogen (secondary N) is 2. The fourth-order valence-electron chi connectivity index (χ4n) is 1.81. The molecule has 0 aromatic carbocycles. The van der Waals surface area contributed by atoms with Crippen molar-refractivity contribution in [2.24, 2.45) is 0 Å². The summed E-state index contributed by atoms with van der Waals surface area (Å²) in [7, 11) is 0. The molecule has 0 spiro atoms. The van der Waals surface area contributed by atoms with E-state index in [1.54, 1.807) is 0 Å². The number of rotatable bonds is 6. The zero-order valence-electron chi connectivity index (χ0n) is 10.6. The Morgan fingerprint density at radius 2 is 2.05 bits per heavy atom. The van der Waals surface area contributed by atoms with E-state index in [2.05, 4.69) is 10.6 Å². The first-order valence-electron chi connectivity index (χ1n) is 6.03. The molecule has 1 saturated heterocycles. The second kappa shape index (κ2) is 6.93. The number of aliphatic carboxylic acids is 2. The highest BCUT2D eigenvalue weighted by molar-refractivity contribution is 5.83. The van der Waals surface area contributed by atoms with Crippen molar-refractivity contribution in [3.8, 4) is 0 Å². The molecule has 1 rings (SSSR count). The molecule has 1 heterocycles. The van der Waals surface area contributed by atoms with E-state index in [1.807, 2.05) is 6.92 Å². The fraction of sp³-hybridized carbons (Fsp3) is 0.727. The quantitative estimate of drug-likeness (QED) is 0.530. The Kier molecular flexibility index (Phi) is 5.56. The normalized spacial score (nSPS) is 23.6. The number of carbonyl (C=O) groups excluding carboxylic acids is 1. The van der Waals surface area contributed by atoms with E-state index in [0.717, 1.165) is 0 Å². The maximum Gasteiger partial charge on any atom is 0.326 e. The summed E-state index contributed by atoms with van der Waals surface area (Å²) >= 11 is 0. The molecule has 1 aliphatic heterocycles. The monoisotopic (exact) mass is 274 g/mol. The average molecular weight is 274 g/mol. The van der Waals surface area contributed by atoms with Crippen molar-refractivity contribution >= 4 is 18.0 Å². The van der Waals surface area contributed by atoms with Gasteiger partial charge in [-0.3, -0.25) is 4.79 Å². The third-order valence-electron chi connectivity index (χ3n) is 2.94. The van der Waals surface area contributed by atoms with Crippen LogP contribution in [-0.2, 0) is 14.3 Å². The Labute approximate surface area is 110 Å². The zero-order chi connectivity index (χ0) is 14.4. The molecule has 0 saturated carbocycles. The number of carboxylic acid groups (broad SMARTS) is 2. The van der Waals surface area contributed by atoms with Gasteiger partial charge in [0.25, 0.3) is 0 Å². The Balaban J connectivity index is 2.42. The van der Waals surface area contributed by atoms with Gasteiger partial charge in [0.15, 0.2) is 0 Å². The number of urea groups is 1.